The molecule has 2 aromatic rings. The van der Waals surface area contributed by atoms with Gasteiger partial charge in [0.05, 0.1) is 12.3 Å². The molecule has 7 nitrogen and oxygen atoms in total. The average molecular weight is 363 g/mol. The second kappa shape index (κ2) is 7.97. The van der Waals surface area contributed by atoms with Crippen LogP contribution in [0.4, 0.5) is 5.13 Å². The highest BCUT2D eigenvalue weighted by atomic mass is 32.1. The zero-order valence-electron chi connectivity index (χ0n) is 14.8. The van der Waals surface area contributed by atoms with Gasteiger partial charge in [-0.15, -0.1) is 0 Å². The molecule has 1 aliphatic rings. The second-order valence-corrected chi connectivity index (χ2v) is 7.25. The summed E-state index contributed by atoms with van der Waals surface area (Å²) in [5, 5.41) is 0.468. The number of piperidine rings is 1. The number of aromatic nitrogens is 3. The SMILES string of the molecule is CCc1nc(N)sc1C(=O)N1CCC(c2nccn2CCOC)CC1. The summed E-state index contributed by atoms with van der Waals surface area (Å²) in [7, 11) is 1.71. The number of hydrogen-bond acceptors (Lipinski definition) is 6. The van der Waals surface area contributed by atoms with Gasteiger partial charge in [0.15, 0.2) is 5.13 Å². The monoisotopic (exact) mass is 363 g/mol. The van der Waals surface area contributed by atoms with Gasteiger partial charge >= 0.3 is 0 Å². The van der Waals surface area contributed by atoms with Crippen molar-refractivity contribution >= 4 is 22.4 Å². The van der Waals surface area contributed by atoms with Gasteiger partial charge in [0.1, 0.15) is 10.7 Å². The lowest BCUT2D eigenvalue weighted by atomic mass is 9.95. The molecular weight excluding hydrogens is 338 g/mol. The molecule has 1 aliphatic heterocycles. The van der Waals surface area contributed by atoms with Crippen molar-refractivity contribution in [2.75, 3.05) is 32.5 Å². The number of rotatable bonds is 6. The Kier molecular flexibility index (Phi) is 5.70. The van der Waals surface area contributed by atoms with Crippen LogP contribution >= 0.6 is 11.3 Å². The molecule has 2 N–H and O–H groups in total. The normalized spacial score (nSPS) is 15.7. The Bertz CT molecular complexity index is 718. The van der Waals surface area contributed by atoms with Gasteiger partial charge in [-0.3, -0.25) is 4.79 Å². The lowest BCUT2D eigenvalue weighted by Crippen LogP contribution is -2.38. The van der Waals surface area contributed by atoms with Crippen molar-refractivity contribution in [1.82, 2.24) is 19.4 Å². The third kappa shape index (κ3) is 3.85. The largest absolute Gasteiger partial charge is 0.383 e. The minimum absolute atomic E-state index is 0.0622. The van der Waals surface area contributed by atoms with Crippen LogP contribution < -0.4 is 5.73 Å². The molecule has 0 atom stereocenters. The van der Waals surface area contributed by atoms with E-state index in [1.165, 1.54) is 11.3 Å². The fraction of sp³-hybridized carbons (Fsp3) is 0.588. The summed E-state index contributed by atoms with van der Waals surface area (Å²) < 4.78 is 7.32. The number of methoxy groups -OCH3 is 1. The van der Waals surface area contributed by atoms with Crippen molar-refractivity contribution in [3.05, 3.63) is 28.8 Å². The van der Waals surface area contributed by atoms with E-state index in [1.54, 1.807) is 7.11 Å². The number of hydrogen-bond donors (Lipinski definition) is 1. The number of ether oxygens (including phenoxy) is 1. The summed E-state index contributed by atoms with van der Waals surface area (Å²) in [5.74, 6) is 1.54. The molecule has 136 valence electrons. The summed E-state index contributed by atoms with van der Waals surface area (Å²) in [6.07, 6.45) is 6.41. The Morgan fingerprint density at radius 3 is 2.88 bits per heavy atom. The van der Waals surface area contributed by atoms with Crippen LogP contribution in [-0.2, 0) is 17.7 Å². The number of likely N-dealkylation sites (tertiary alicyclic amines) is 1. The van der Waals surface area contributed by atoms with Crippen molar-refractivity contribution in [2.45, 2.75) is 38.6 Å². The first-order chi connectivity index (χ1) is 12.1. The number of carbonyl (C=O) groups excluding carboxylic acids is 1. The van der Waals surface area contributed by atoms with E-state index in [-0.39, 0.29) is 5.91 Å². The fourth-order valence-electron chi connectivity index (χ4n) is 3.32. The van der Waals surface area contributed by atoms with Gasteiger partial charge in [0, 0.05) is 45.1 Å². The molecule has 1 fully saturated rings. The highest BCUT2D eigenvalue weighted by Crippen LogP contribution is 2.29. The van der Waals surface area contributed by atoms with Crippen LogP contribution in [0.3, 0.4) is 0 Å². The number of nitrogens with two attached hydrogens (primary N) is 1. The zero-order valence-corrected chi connectivity index (χ0v) is 15.6. The third-order valence-corrected chi connectivity index (χ3v) is 5.59. The second-order valence-electron chi connectivity index (χ2n) is 6.22. The zero-order chi connectivity index (χ0) is 17.8. The maximum atomic E-state index is 12.8. The van der Waals surface area contributed by atoms with Gasteiger partial charge in [-0.05, 0) is 19.3 Å². The van der Waals surface area contributed by atoms with Gasteiger partial charge in [-0.25, -0.2) is 9.97 Å². The molecule has 1 saturated heterocycles. The van der Waals surface area contributed by atoms with Crippen LogP contribution in [0, 0.1) is 0 Å². The lowest BCUT2D eigenvalue weighted by molar-refractivity contribution is 0.0713. The highest BCUT2D eigenvalue weighted by Gasteiger charge is 2.29. The highest BCUT2D eigenvalue weighted by molar-refractivity contribution is 7.17. The molecule has 8 heteroatoms. The molecule has 0 unspecified atom stereocenters. The smallest absolute Gasteiger partial charge is 0.265 e. The van der Waals surface area contributed by atoms with Crippen molar-refractivity contribution < 1.29 is 9.53 Å². The van der Waals surface area contributed by atoms with Crippen molar-refractivity contribution in [1.29, 1.82) is 0 Å². The van der Waals surface area contributed by atoms with Gasteiger partial charge in [-0.2, -0.15) is 0 Å². The predicted octanol–water partition coefficient (Wildman–Crippen LogP) is 2.15. The van der Waals surface area contributed by atoms with Crippen LogP contribution in [0.2, 0.25) is 0 Å². The molecule has 2 aromatic heterocycles. The average Bonchev–Trinajstić information content (AvgIpc) is 3.25. The van der Waals surface area contributed by atoms with E-state index in [0.717, 1.165) is 50.4 Å². The molecule has 25 heavy (non-hydrogen) atoms. The quantitative estimate of drug-likeness (QED) is 0.850. The van der Waals surface area contributed by atoms with E-state index >= 15 is 0 Å². The van der Waals surface area contributed by atoms with Crippen molar-refractivity contribution in [3.63, 3.8) is 0 Å². The molecular formula is C17H25N5O2S. The number of aryl methyl sites for hydroxylation is 1. The molecule has 0 radical (unpaired) electrons. The summed E-state index contributed by atoms with van der Waals surface area (Å²) >= 11 is 1.30. The Hall–Kier alpha value is -1.93. The van der Waals surface area contributed by atoms with Crippen molar-refractivity contribution in [2.24, 2.45) is 0 Å². The first kappa shape index (κ1) is 17.9. The number of amides is 1. The summed E-state index contributed by atoms with van der Waals surface area (Å²) in [5.41, 5.74) is 6.59. The molecule has 0 aromatic carbocycles. The van der Waals surface area contributed by atoms with Crippen LogP contribution in [0.25, 0.3) is 0 Å². The summed E-state index contributed by atoms with van der Waals surface area (Å²) in [6, 6.07) is 0. The number of anilines is 1. The van der Waals surface area contributed by atoms with E-state index in [9.17, 15) is 4.79 Å². The van der Waals surface area contributed by atoms with Gasteiger partial charge in [0.25, 0.3) is 5.91 Å². The minimum Gasteiger partial charge on any atom is -0.383 e. The van der Waals surface area contributed by atoms with Crippen molar-refractivity contribution in [3.8, 4) is 0 Å². The van der Waals surface area contributed by atoms with Crippen LogP contribution in [-0.4, -0.2) is 52.1 Å². The van der Waals surface area contributed by atoms with E-state index in [0.29, 0.717) is 22.5 Å². The lowest BCUT2D eigenvalue weighted by Gasteiger charge is -2.31. The van der Waals surface area contributed by atoms with Gasteiger partial charge in [0.2, 0.25) is 0 Å². The summed E-state index contributed by atoms with van der Waals surface area (Å²) in [4.78, 5) is 24.2. The maximum Gasteiger partial charge on any atom is 0.265 e. The molecule has 3 rings (SSSR count). The standard InChI is InChI=1S/C17H25N5O2S/c1-3-13-14(25-17(18)20-13)16(23)22-7-4-12(5-8-22)15-19-6-9-21(15)10-11-24-2/h6,9,12H,3-5,7-8,10-11H2,1-2H3,(H2,18,20). The number of thiazole rings is 1. The summed E-state index contributed by atoms with van der Waals surface area (Å²) in [6.45, 7) is 4.96. The molecule has 0 bridgehead atoms. The Balaban J connectivity index is 1.64. The Labute approximate surface area is 151 Å². The fourth-order valence-corrected chi connectivity index (χ4v) is 4.21. The molecule has 0 saturated carbocycles. The molecule has 3 heterocycles. The number of imidazole rings is 1. The number of carbonyl (C=O) groups is 1. The predicted molar refractivity (Wildman–Crippen MR) is 97.9 cm³/mol. The molecule has 0 spiro atoms. The topological polar surface area (TPSA) is 86.3 Å². The third-order valence-electron chi connectivity index (χ3n) is 4.67. The van der Waals surface area contributed by atoms with E-state index in [1.807, 2.05) is 24.2 Å². The number of nitrogens with zero attached hydrogens (tertiary/aromatic N) is 4. The van der Waals surface area contributed by atoms with Crippen LogP contribution in [0.15, 0.2) is 12.4 Å². The van der Waals surface area contributed by atoms with Gasteiger partial charge < -0.3 is 19.9 Å². The van der Waals surface area contributed by atoms with E-state index in [4.69, 9.17) is 10.5 Å². The molecule has 0 aliphatic carbocycles. The van der Waals surface area contributed by atoms with E-state index in [2.05, 4.69) is 14.5 Å². The number of nitrogen functional groups attached to an aromatic ring is 1. The first-order valence-electron chi connectivity index (χ1n) is 8.68. The van der Waals surface area contributed by atoms with Gasteiger partial charge in [-0.1, -0.05) is 18.3 Å². The first-order valence-corrected chi connectivity index (χ1v) is 9.50. The Morgan fingerprint density at radius 1 is 1.44 bits per heavy atom. The maximum absolute atomic E-state index is 12.8. The van der Waals surface area contributed by atoms with E-state index < -0.39 is 0 Å². The molecule has 1 amide bonds. The Morgan fingerprint density at radius 2 is 2.20 bits per heavy atom. The van der Waals surface area contributed by atoms with Crippen LogP contribution in [0.5, 0.6) is 0 Å². The minimum atomic E-state index is 0.0622. The van der Waals surface area contributed by atoms with Crippen LogP contribution in [0.1, 0.15) is 46.9 Å².